The van der Waals surface area contributed by atoms with Crippen LogP contribution in [0.3, 0.4) is 0 Å². The molecule has 2 N–H and O–H groups in total. The first-order valence-corrected chi connectivity index (χ1v) is 6.39. The van der Waals surface area contributed by atoms with Crippen molar-refractivity contribution in [1.29, 1.82) is 0 Å². The minimum Gasteiger partial charge on any atom is -0.323 e. The zero-order chi connectivity index (χ0) is 14.1. The fourth-order valence-corrected chi connectivity index (χ4v) is 2.14. The van der Waals surface area contributed by atoms with Crippen LogP contribution in [-0.2, 0) is 7.05 Å². The van der Waals surface area contributed by atoms with Crippen LogP contribution in [-0.4, -0.2) is 26.0 Å². The van der Waals surface area contributed by atoms with Crippen LogP contribution in [0.1, 0.15) is 17.0 Å². The average molecular weight is 268 g/mol. The van der Waals surface area contributed by atoms with Gasteiger partial charge in [-0.25, -0.2) is 10.4 Å². The summed E-state index contributed by atoms with van der Waals surface area (Å²) >= 11 is 0. The second kappa shape index (κ2) is 4.80. The molecule has 0 fully saturated rings. The molecule has 6 nitrogen and oxygen atoms in total. The third kappa shape index (κ3) is 2.16. The van der Waals surface area contributed by atoms with Crippen molar-refractivity contribution in [2.24, 2.45) is 12.1 Å². The van der Waals surface area contributed by atoms with E-state index >= 15 is 0 Å². The largest absolute Gasteiger partial charge is 0.323 e. The number of hydrogen-bond donors (Lipinski definition) is 2. The molecule has 0 aliphatic rings. The first kappa shape index (κ1) is 12.4. The van der Waals surface area contributed by atoms with Gasteiger partial charge in [0.15, 0.2) is 0 Å². The van der Waals surface area contributed by atoms with Crippen LogP contribution in [0.4, 0.5) is 5.95 Å². The van der Waals surface area contributed by atoms with Crippen molar-refractivity contribution in [2.75, 3.05) is 5.43 Å². The number of H-pyrrole nitrogens is 1. The lowest BCUT2D eigenvalue weighted by Crippen LogP contribution is -1.95. The standard InChI is InChI=1S/C14H16N6/c1-9-11(10(2)20(3)19-9)8-15-18-14-16-12-6-4-5-7-13(12)17-14/h4-8H,1-3H3,(H2,16,17,18)/b15-8-. The van der Waals surface area contributed by atoms with Gasteiger partial charge in [-0.1, -0.05) is 12.1 Å². The number of anilines is 1. The average Bonchev–Trinajstić information content (AvgIpc) is 2.94. The van der Waals surface area contributed by atoms with Gasteiger partial charge in [-0.3, -0.25) is 4.68 Å². The number of fused-ring (bicyclic) bond motifs is 1. The molecule has 0 atom stereocenters. The van der Waals surface area contributed by atoms with Crippen LogP contribution < -0.4 is 5.43 Å². The first-order valence-electron chi connectivity index (χ1n) is 6.39. The van der Waals surface area contributed by atoms with Crippen molar-refractivity contribution in [1.82, 2.24) is 19.7 Å². The summed E-state index contributed by atoms with van der Waals surface area (Å²) in [6.45, 7) is 3.98. The SMILES string of the molecule is Cc1nn(C)c(C)c1/C=N\Nc1nc2ccccc2[nH]1. The number of hydrogen-bond acceptors (Lipinski definition) is 4. The Kier molecular flexibility index (Phi) is 2.98. The van der Waals surface area contributed by atoms with Crippen molar-refractivity contribution in [3.8, 4) is 0 Å². The van der Waals surface area contributed by atoms with Gasteiger partial charge >= 0.3 is 0 Å². The van der Waals surface area contributed by atoms with Crippen molar-refractivity contribution in [2.45, 2.75) is 13.8 Å². The van der Waals surface area contributed by atoms with E-state index in [1.54, 1.807) is 6.21 Å². The van der Waals surface area contributed by atoms with Gasteiger partial charge in [-0.15, -0.1) is 0 Å². The molecule has 0 bridgehead atoms. The summed E-state index contributed by atoms with van der Waals surface area (Å²) in [4.78, 5) is 7.55. The monoisotopic (exact) mass is 268 g/mol. The van der Waals surface area contributed by atoms with E-state index in [0.29, 0.717) is 5.95 Å². The Labute approximate surface area is 116 Å². The van der Waals surface area contributed by atoms with Gasteiger partial charge in [0.05, 0.1) is 22.9 Å². The predicted molar refractivity (Wildman–Crippen MR) is 80.0 cm³/mol. The molecule has 2 heterocycles. The van der Waals surface area contributed by atoms with Crippen LogP contribution >= 0.6 is 0 Å². The summed E-state index contributed by atoms with van der Waals surface area (Å²) in [6.07, 6.45) is 1.77. The Bertz CT molecular complexity index is 747. The fourth-order valence-electron chi connectivity index (χ4n) is 2.14. The molecule has 0 amide bonds. The lowest BCUT2D eigenvalue weighted by atomic mass is 10.2. The van der Waals surface area contributed by atoms with E-state index in [1.807, 2.05) is 49.8 Å². The van der Waals surface area contributed by atoms with Crippen molar-refractivity contribution >= 4 is 23.2 Å². The maximum absolute atomic E-state index is 4.39. The minimum absolute atomic E-state index is 0.627. The van der Waals surface area contributed by atoms with Crippen molar-refractivity contribution < 1.29 is 0 Å². The highest BCUT2D eigenvalue weighted by Crippen LogP contribution is 2.13. The number of imidazole rings is 1. The van der Waals surface area contributed by atoms with Crippen molar-refractivity contribution in [3.63, 3.8) is 0 Å². The molecular formula is C14H16N6. The second-order valence-corrected chi connectivity index (χ2v) is 4.68. The van der Waals surface area contributed by atoms with Crippen LogP contribution in [0.15, 0.2) is 29.4 Å². The maximum atomic E-state index is 4.39. The summed E-state index contributed by atoms with van der Waals surface area (Å²) in [5, 5.41) is 8.57. The molecule has 3 aromatic rings. The van der Waals surface area contributed by atoms with E-state index in [-0.39, 0.29) is 0 Å². The molecule has 3 rings (SSSR count). The Morgan fingerprint density at radius 2 is 2.10 bits per heavy atom. The molecule has 0 saturated carbocycles. The van der Waals surface area contributed by atoms with Crippen LogP contribution in [0.5, 0.6) is 0 Å². The van der Waals surface area contributed by atoms with Crippen LogP contribution in [0, 0.1) is 13.8 Å². The van der Waals surface area contributed by atoms with Gasteiger partial charge in [0.25, 0.3) is 0 Å². The third-order valence-electron chi connectivity index (χ3n) is 3.32. The lowest BCUT2D eigenvalue weighted by molar-refractivity contribution is 0.731. The van der Waals surface area contributed by atoms with Crippen LogP contribution in [0.25, 0.3) is 11.0 Å². The number of rotatable bonds is 3. The molecule has 1 aromatic carbocycles. The van der Waals surface area contributed by atoms with E-state index in [0.717, 1.165) is 28.0 Å². The number of benzene rings is 1. The topological polar surface area (TPSA) is 70.9 Å². The lowest BCUT2D eigenvalue weighted by Gasteiger charge is -1.95. The van der Waals surface area contributed by atoms with E-state index in [2.05, 4.69) is 25.6 Å². The van der Waals surface area contributed by atoms with Crippen LogP contribution in [0.2, 0.25) is 0 Å². The van der Waals surface area contributed by atoms with Gasteiger partial charge in [-0.05, 0) is 26.0 Å². The number of hydrazone groups is 1. The normalized spacial score (nSPS) is 11.6. The molecule has 0 aliphatic carbocycles. The highest BCUT2D eigenvalue weighted by atomic mass is 15.4. The summed E-state index contributed by atoms with van der Waals surface area (Å²) in [7, 11) is 1.92. The molecule has 0 aliphatic heterocycles. The van der Waals surface area contributed by atoms with Gasteiger partial charge in [0.1, 0.15) is 0 Å². The predicted octanol–water partition coefficient (Wildman–Crippen LogP) is 2.36. The number of nitrogens with one attached hydrogen (secondary N) is 2. The molecular weight excluding hydrogens is 252 g/mol. The number of aromatic amines is 1. The molecule has 0 unspecified atom stereocenters. The Morgan fingerprint density at radius 1 is 1.30 bits per heavy atom. The number of para-hydroxylation sites is 2. The second-order valence-electron chi connectivity index (χ2n) is 4.68. The zero-order valence-corrected chi connectivity index (χ0v) is 11.7. The molecule has 6 heteroatoms. The number of aryl methyl sites for hydroxylation is 2. The summed E-state index contributed by atoms with van der Waals surface area (Å²) in [6, 6.07) is 7.86. The third-order valence-corrected chi connectivity index (χ3v) is 3.32. The van der Waals surface area contributed by atoms with E-state index in [4.69, 9.17) is 0 Å². The minimum atomic E-state index is 0.627. The molecule has 0 radical (unpaired) electrons. The number of aromatic nitrogens is 4. The summed E-state index contributed by atoms with van der Waals surface area (Å²) < 4.78 is 1.85. The van der Waals surface area contributed by atoms with E-state index in [9.17, 15) is 0 Å². The summed E-state index contributed by atoms with van der Waals surface area (Å²) in [5.41, 5.74) is 7.88. The molecule has 0 spiro atoms. The molecule has 102 valence electrons. The summed E-state index contributed by atoms with van der Waals surface area (Å²) in [5.74, 6) is 0.627. The maximum Gasteiger partial charge on any atom is 0.222 e. The molecule has 0 saturated heterocycles. The number of nitrogens with zero attached hydrogens (tertiary/aromatic N) is 4. The van der Waals surface area contributed by atoms with E-state index < -0.39 is 0 Å². The smallest absolute Gasteiger partial charge is 0.222 e. The molecule has 2 aromatic heterocycles. The van der Waals surface area contributed by atoms with E-state index in [1.165, 1.54) is 0 Å². The first-order chi connectivity index (χ1) is 9.65. The van der Waals surface area contributed by atoms with Crippen molar-refractivity contribution in [3.05, 3.63) is 41.2 Å². The quantitative estimate of drug-likeness (QED) is 0.566. The highest BCUT2D eigenvalue weighted by molar-refractivity contribution is 5.83. The zero-order valence-electron chi connectivity index (χ0n) is 11.7. The van der Waals surface area contributed by atoms with Gasteiger partial charge in [0, 0.05) is 18.3 Å². The highest BCUT2D eigenvalue weighted by Gasteiger charge is 2.06. The Hall–Kier alpha value is -2.63. The molecule has 20 heavy (non-hydrogen) atoms. The van der Waals surface area contributed by atoms with Gasteiger partial charge in [0.2, 0.25) is 5.95 Å². The fraction of sp³-hybridized carbons (Fsp3) is 0.214. The Balaban J connectivity index is 1.80. The van der Waals surface area contributed by atoms with Gasteiger partial charge < -0.3 is 4.98 Å². The van der Waals surface area contributed by atoms with Gasteiger partial charge in [-0.2, -0.15) is 10.2 Å². The Morgan fingerprint density at radius 3 is 2.80 bits per heavy atom.